The van der Waals surface area contributed by atoms with Crippen LogP contribution in [0.4, 0.5) is 0 Å². The molecule has 0 saturated heterocycles. The van der Waals surface area contributed by atoms with Crippen LogP contribution in [0.25, 0.3) is 0 Å². The molecular formula is C22H32N2O3. The minimum Gasteiger partial charge on any atom is -0.493 e. The maximum atomic E-state index is 5.42. The number of nitrogens with zero attached hydrogens (tertiary/aromatic N) is 1. The van der Waals surface area contributed by atoms with Crippen LogP contribution in [0.15, 0.2) is 36.4 Å². The third kappa shape index (κ3) is 5.88. The van der Waals surface area contributed by atoms with Crippen molar-refractivity contribution in [2.45, 2.75) is 39.5 Å². The zero-order valence-electron chi connectivity index (χ0n) is 17.3. The highest BCUT2D eigenvalue weighted by molar-refractivity contribution is 5.53. The summed E-state index contributed by atoms with van der Waals surface area (Å²) >= 11 is 0. The Bertz CT molecular complexity index is 706. The Hall–Kier alpha value is -2.24. The maximum Gasteiger partial charge on any atom is 0.203 e. The van der Waals surface area contributed by atoms with E-state index < -0.39 is 0 Å². The van der Waals surface area contributed by atoms with Gasteiger partial charge in [-0.2, -0.15) is 0 Å². The molecule has 0 aliphatic carbocycles. The Labute approximate surface area is 163 Å². The van der Waals surface area contributed by atoms with Crippen molar-refractivity contribution in [3.63, 3.8) is 0 Å². The summed E-state index contributed by atoms with van der Waals surface area (Å²) in [5.74, 6) is 1.96. The lowest BCUT2D eigenvalue weighted by Gasteiger charge is -2.21. The molecule has 0 aliphatic heterocycles. The molecule has 5 nitrogen and oxygen atoms in total. The van der Waals surface area contributed by atoms with E-state index in [2.05, 4.69) is 55.4 Å². The predicted octanol–water partition coefficient (Wildman–Crippen LogP) is 3.84. The predicted molar refractivity (Wildman–Crippen MR) is 110 cm³/mol. The Morgan fingerprint density at radius 2 is 1.44 bits per heavy atom. The molecule has 27 heavy (non-hydrogen) atoms. The highest BCUT2D eigenvalue weighted by Gasteiger charge is 2.13. The first-order valence-corrected chi connectivity index (χ1v) is 9.26. The van der Waals surface area contributed by atoms with Crippen LogP contribution in [-0.2, 0) is 19.6 Å². The van der Waals surface area contributed by atoms with Gasteiger partial charge in [0.15, 0.2) is 11.5 Å². The normalized spacial score (nSPS) is 11.1. The molecule has 0 spiro atoms. The second-order valence-electron chi connectivity index (χ2n) is 6.97. The van der Waals surface area contributed by atoms with Crippen LogP contribution in [0.3, 0.4) is 0 Å². The highest BCUT2D eigenvalue weighted by Crippen LogP contribution is 2.38. The van der Waals surface area contributed by atoms with Crippen molar-refractivity contribution in [1.29, 1.82) is 0 Å². The molecule has 0 radical (unpaired) electrons. The third-order valence-electron chi connectivity index (χ3n) is 4.69. The van der Waals surface area contributed by atoms with Crippen LogP contribution in [0.5, 0.6) is 17.2 Å². The molecule has 2 aromatic carbocycles. The lowest BCUT2D eigenvalue weighted by atomic mass is 10.1. The van der Waals surface area contributed by atoms with Gasteiger partial charge >= 0.3 is 0 Å². The summed E-state index contributed by atoms with van der Waals surface area (Å²) < 4.78 is 16.2. The fourth-order valence-electron chi connectivity index (χ4n) is 2.90. The lowest BCUT2D eigenvalue weighted by Crippen LogP contribution is -2.25. The topological polar surface area (TPSA) is 43.0 Å². The fraction of sp³-hybridized carbons (Fsp3) is 0.455. The molecule has 2 rings (SSSR count). The quantitative estimate of drug-likeness (QED) is 0.686. The van der Waals surface area contributed by atoms with Crippen LogP contribution in [-0.4, -0.2) is 39.3 Å². The monoisotopic (exact) mass is 372 g/mol. The van der Waals surface area contributed by atoms with Crippen molar-refractivity contribution in [3.05, 3.63) is 53.1 Å². The van der Waals surface area contributed by atoms with E-state index in [0.29, 0.717) is 29.8 Å². The van der Waals surface area contributed by atoms with E-state index in [4.69, 9.17) is 14.2 Å². The Morgan fingerprint density at radius 1 is 0.852 bits per heavy atom. The molecule has 0 saturated carbocycles. The molecule has 2 aromatic rings. The molecule has 0 bridgehead atoms. The highest BCUT2D eigenvalue weighted by atomic mass is 16.5. The number of rotatable bonds is 10. The molecule has 148 valence electrons. The second kappa shape index (κ2) is 10.2. The molecule has 0 unspecified atom stereocenters. The summed E-state index contributed by atoms with van der Waals surface area (Å²) in [6.07, 6.45) is 0. The van der Waals surface area contributed by atoms with Gasteiger partial charge in [-0.05, 0) is 49.7 Å². The number of benzene rings is 2. The average Bonchev–Trinajstić information content (AvgIpc) is 2.67. The van der Waals surface area contributed by atoms with Gasteiger partial charge < -0.3 is 19.5 Å². The SMILES string of the molecule is COc1cc(CNCc2cccc(CN(C)C(C)C)c2)cc(OC)c1OC. The first-order chi connectivity index (χ1) is 13.0. The van der Waals surface area contributed by atoms with Gasteiger partial charge in [0.2, 0.25) is 5.75 Å². The minimum absolute atomic E-state index is 0.534. The third-order valence-corrected chi connectivity index (χ3v) is 4.69. The molecule has 0 heterocycles. The van der Waals surface area contributed by atoms with E-state index in [-0.39, 0.29) is 0 Å². The summed E-state index contributed by atoms with van der Waals surface area (Å²) in [6, 6.07) is 13.2. The zero-order chi connectivity index (χ0) is 19.8. The van der Waals surface area contributed by atoms with E-state index in [9.17, 15) is 0 Å². The van der Waals surface area contributed by atoms with E-state index in [1.54, 1.807) is 21.3 Å². The molecule has 0 atom stereocenters. The van der Waals surface area contributed by atoms with Crippen molar-refractivity contribution >= 4 is 0 Å². The van der Waals surface area contributed by atoms with Crippen molar-refractivity contribution in [2.24, 2.45) is 0 Å². The minimum atomic E-state index is 0.534. The Morgan fingerprint density at radius 3 is 2.00 bits per heavy atom. The van der Waals surface area contributed by atoms with Gasteiger partial charge in [-0.1, -0.05) is 24.3 Å². The van der Waals surface area contributed by atoms with Gasteiger partial charge in [0, 0.05) is 25.7 Å². The maximum absolute atomic E-state index is 5.42. The molecule has 1 N–H and O–H groups in total. The number of hydrogen-bond acceptors (Lipinski definition) is 5. The van der Waals surface area contributed by atoms with Crippen molar-refractivity contribution in [3.8, 4) is 17.2 Å². The molecule has 0 fully saturated rings. The van der Waals surface area contributed by atoms with E-state index in [0.717, 1.165) is 18.7 Å². The van der Waals surface area contributed by atoms with E-state index >= 15 is 0 Å². The van der Waals surface area contributed by atoms with Crippen LogP contribution in [0.1, 0.15) is 30.5 Å². The smallest absolute Gasteiger partial charge is 0.203 e. The van der Waals surface area contributed by atoms with Crippen LogP contribution >= 0.6 is 0 Å². The number of nitrogens with one attached hydrogen (secondary N) is 1. The summed E-state index contributed by atoms with van der Waals surface area (Å²) in [5.41, 5.74) is 3.69. The molecular weight excluding hydrogens is 340 g/mol. The first kappa shape index (κ1) is 21.1. The van der Waals surface area contributed by atoms with Crippen molar-refractivity contribution in [1.82, 2.24) is 10.2 Å². The van der Waals surface area contributed by atoms with Gasteiger partial charge in [0.1, 0.15) is 0 Å². The number of ether oxygens (including phenoxy) is 3. The van der Waals surface area contributed by atoms with Crippen LogP contribution < -0.4 is 19.5 Å². The van der Waals surface area contributed by atoms with Crippen molar-refractivity contribution < 1.29 is 14.2 Å². The molecule has 0 aromatic heterocycles. The van der Waals surface area contributed by atoms with E-state index in [1.165, 1.54) is 11.1 Å². The van der Waals surface area contributed by atoms with Gasteiger partial charge in [0.25, 0.3) is 0 Å². The molecule has 0 aliphatic rings. The summed E-state index contributed by atoms with van der Waals surface area (Å²) in [4.78, 5) is 2.34. The molecule has 5 heteroatoms. The first-order valence-electron chi connectivity index (χ1n) is 9.26. The van der Waals surface area contributed by atoms with E-state index in [1.807, 2.05) is 12.1 Å². The fourth-order valence-corrected chi connectivity index (χ4v) is 2.90. The summed E-state index contributed by atoms with van der Waals surface area (Å²) in [5, 5.41) is 3.50. The Balaban J connectivity index is 2.00. The second-order valence-corrected chi connectivity index (χ2v) is 6.97. The van der Waals surface area contributed by atoms with Gasteiger partial charge in [0.05, 0.1) is 21.3 Å². The standard InChI is InChI=1S/C22H32N2O3/c1-16(2)24(3)15-18-9-7-8-17(10-18)13-23-14-19-11-20(25-4)22(27-6)21(12-19)26-5/h7-12,16,23H,13-15H2,1-6H3. The van der Waals surface area contributed by atoms with Gasteiger partial charge in [-0.25, -0.2) is 0 Å². The van der Waals surface area contributed by atoms with Crippen LogP contribution in [0, 0.1) is 0 Å². The van der Waals surface area contributed by atoms with Crippen molar-refractivity contribution in [2.75, 3.05) is 28.4 Å². The van der Waals surface area contributed by atoms with Gasteiger partial charge in [-0.3, -0.25) is 4.90 Å². The number of methoxy groups -OCH3 is 3. The number of hydrogen-bond donors (Lipinski definition) is 1. The lowest BCUT2D eigenvalue weighted by molar-refractivity contribution is 0.266. The summed E-state index contributed by atoms with van der Waals surface area (Å²) in [7, 11) is 7.03. The Kier molecular flexibility index (Phi) is 7.95. The zero-order valence-corrected chi connectivity index (χ0v) is 17.3. The molecule has 0 amide bonds. The van der Waals surface area contributed by atoms with Gasteiger partial charge in [-0.15, -0.1) is 0 Å². The average molecular weight is 373 g/mol. The summed E-state index contributed by atoms with van der Waals surface area (Å²) in [6.45, 7) is 6.90. The van der Waals surface area contributed by atoms with Crippen LogP contribution in [0.2, 0.25) is 0 Å². The largest absolute Gasteiger partial charge is 0.493 e.